The van der Waals surface area contributed by atoms with E-state index in [1.54, 1.807) is 6.07 Å². The molecule has 0 bridgehead atoms. The van der Waals surface area contributed by atoms with Gasteiger partial charge in [-0.3, -0.25) is 0 Å². The summed E-state index contributed by atoms with van der Waals surface area (Å²) in [7, 11) is 2.00. The van der Waals surface area contributed by atoms with Gasteiger partial charge in [-0.2, -0.15) is 0 Å². The maximum absolute atomic E-state index is 9.39. The molecular weight excluding hydrogens is 206 g/mol. The summed E-state index contributed by atoms with van der Waals surface area (Å²) in [4.78, 5) is 1.33. The quantitative estimate of drug-likeness (QED) is 0.825. The third-order valence-electron chi connectivity index (χ3n) is 2.89. The van der Waals surface area contributed by atoms with Gasteiger partial charge in [0.2, 0.25) is 0 Å². The number of aromatic hydroxyl groups is 1. The van der Waals surface area contributed by atoms with Crippen LogP contribution in [0.25, 0.3) is 0 Å². The molecule has 3 heteroatoms. The smallest absolute Gasteiger partial charge is 0.115 e. The summed E-state index contributed by atoms with van der Waals surface area (Å²) in [6, 6.07) is 6.26. The van der Waals surface area contributed by atoms with E-state index >= 15 is 0 Å². The fraction of sp³-hybridized carbons (Fsp3) is 0.500. The van der Waals surface area contributed by atoms with E-state index in [4.69, 9.17) is 0 Å². The van der Waals surface area contributed by atoms with Crippen LogP contribution in [0, 0.1) is 0 Å². The van der Waals surface area contributed by atoms with Crippen molar-refractivity contribution in [2.24, 2.45) is 0 Å². The molecule has 0 fully saturated rings. The average molecular weight is 223 g/mol. The molecule has 2 N–H and O–H groups in total. The first-order valence-electron chi connectivity index (χ1n) is 5.35. The zero-order valence-corrected chi connectivity index (χ0v) is 9.97. The summed E-state index contributed by atoms with van der Waals surface area (Å²) in [6.07, 6.45) is 2.26. The molecule has 0 saturated carbocycles. The van der Waals surface area contributed by atoms with E-state index in [0.717, 1.165) is 6.42 Å². The lowest BCUT2D eigenvalue weighted by Crippen LogP contribution is -2.25. The molecule has 2 atom stereocenters. The molecule has 1 aromatic carbocycles. The zero-order chi connectivity index (χ0) is 10.8. The second-order valence-electron chi connectivity index (χ2n) is 4.16. The van der Waals surface area contributed by atoms with Gasteiger partial charge in [0.1, 0.15) is 5.75 Å². The van der Waals surface area contributed by atoms with Gasteiger partial charge in [-0.25, -0.2) is 0 Å². The highest BCUT2D eigenvalue weighted by atomic mass is 32.2. The van der Waals surface area contributed by atoms with E-state index in [9.17, 15) is 5.11 Å². The van der Waals surface area contributed by atoms with Crippen molar-refractivity contribution >= 4 is 11.8 Å². The van der Waals surface area contributed by atoms with Crippen LogP contribution in [0.1, 0.15) is 18.9 Å². The van der Waals surface area contributed by atoms with Gasteiger partial charge in [-0.05, 0) is 50.6 Å². The molecule has 1 aromatic rings. The van der Waals surface area contributed by atoms with Crippen molar-refractivity contribution in [2.45, 2.75) is 36.0 Å². The van der Waals surface area contributed by atoms with Crippen molar-refractivity contribution in [2.75, 3.05) is 7.05 Å². The molecule has 0 aromatic heterocycles. The van der Waals surface area contributed by atoms with Gasteiger partial charge in [0.05, 0.1) is 0 Å². The molecule has 0 saturated heterocycles. The maximum Gasteiger partial charge on any atom is 0.115 e. The summed E-state index contributed by atoms with van der Waals surface area (Å²) >= 11 is 1.94. The Hall–Kier alpha value is -0.670. The molecule has 0 radical (unpaired) electrons. The lowest BCUT2D eigenvalue weighted by molar-refractivity contribution is 0.474. The van der Waals surface area contributed by atoms with Crippen LogP contribution in [-0.2, 0) is 6.42 Å². The van der Waals surface area contributed by atoms with Gasteiger partial charge in [0.25, 0.3) is 0 Å². The third kappa shape index (κ3) is 2.47. The largest absolute Gasteiger partial charge is 0.508 e. The SMILES string of the molecule is CNC(C)CC1Cc2cc(O)ccc2S1. The number of hydrogen-bond acceptors (Lipinski definition) is 3. The summed E-state index contributed by atoms with van der Waals surface area (Å²) in [6.45, 7) is 2.21. The minimum Gasteiger partial charge on any atom is -0.508 e. The molecule has 1 heterocycles. The van der Waals surface area contributed by atoms with Gasteiger partial charge in [-0.15, -0.1) is 11.8 Å². The molecule has 2 rings (SSSR count). The van der Waals surface area contributed by atoms with Gasteiger partial charge in [-0.1, -0.05) is 0 Å². The van der Waals surface area contributed by atoms with E-state index in [2.05, 4.69) is 12.2 Å². The Morgan fingerprint density at radius 3 is 3.13 bits per heavy atom. The first-order valence-corrected chi connectivity index (χ1v) is 6.23. The predicted molar refractivity (Wildman–Crippen MR) is 64.6 cm³/mol. The number of thioether (sulfide) groups is 1. The topological polar surface area (TPSA) is 32.3 Å². The third-order valence-corrected chi connectivity index (χ3v) is 4.24. The summed E-state index contributed by atoms with van der Waals surface area (Å²) < 4.78 is 0. The molecule has 2 nitrogen and oxygen atoms in total. The Morgan fingerprint density at radius 1 is 1.60 bits per heavy atom. The second-order valence-corrected chi connectivity index (χ2v) is 5.50. The molecule has 0 aliphatic carbocycles. The summed E-state index contributed by atoms with van der Waals surface area (Å²) in [5.74, 6) is 0.386. The zero-order valence-electron chi connectivity index (χ0n) is 9.16. The first-order chi connectivity index (χ1) is 7.19. The van der Waals surface area contributed by atoms with Crippen molar-refractivity contribution in [3.63, 3.8) is 0 Å². The molecule has 1 aliphatic rings. The van der Waals surface area contributed by atoms with E-state index < -0.39 is 0 Å². The van der Waals surface area contributed by atoms with Crippen LogP contribution in [0.5, 0.6) is 5.75 Å². The molecule has 15 heavy (non-hydrogen) atoms. The Bertz CT molecular complexity index is 353. The van der Waals surface area contributed by atoms with Crippen molar-refractivity contribution in [3.05, 3.63) is 23.8 Å². The Labute approximate surface area is 95.1 Å². The maximum atomic E-state index is 9.39. The fourth-order valence-corrected chi connectivity index (χ4v) is 3.40. The van der Waals surface area contributed by atoms with Gasteiger partial charge < -0.3 is 10.4 Å². The monoisotopic (exact) mass is 223 g/mol. The molecule has 0 spiro atoms. The molecule has 0 amide bonds. The van der Waals surface area contributed by atoms with Crippen LogP contribution in [-0.4, -0.2) is 23.4 Å². The van der Waals surface area contributed by atoms with E-state index in [0.29, 0.717) is 17.0 Å². The number of hydrogen-bond donors (Lipinski definition) is 2. The molecular formula is C12H17NOS. The number of phenolic OH excluding ortho intramolecular Hbond substituents is 1. The normalized spacial score (nSPS) is 21.3. The average Bonchev–Trinajstić information content (AvgIpc) is 2.59. The van der Waals surface area contributed by atoms with Crippen LogP contribution < -0.4 is 5.32 Å². The van der Waals surface area contributed by atoms with Gasteiger partial charge in [0.15, 0.2) is 0 Å². The standard InChI is InChI=1S/C12H17NOS/c1-8(13-2)5-11-7-9-6-10(14)3-4-12(9)15-11/h3-4,6,8,11,13-14H,5,7H2,1-2H3. The van der Waals surface area contributed by atoms with Crippen LogP contribution in [0.2, 0.25) is 0 Å². The number of phenols is 1. The number of nitrogens with one attached hydrogen (secondary N) is 1. The first kappa shape index (κ1) is 10.8. The fourth-order valence-electron chi connectivity index (χ4n) is 1.95. The van der Waals surface area contributed by atoms with Crippen molar-refractivity contribution in [3.8, 4) is 5.75 Å². The molecule has 82 valence electrons. The molecule has 2 unspecified atom stereocenters. The summed E-state index contributed by atoms with van der Waals surface area (Å²) in [5, 5.41) is 13.3. The van der Waals surface area contributed by atoms with E-state index in [-0.39, 0.29) is 0 Å². The number of fused-ring (bicyclic) bond motifs is 1. The minimum atomic E-state index is 0.386. The minimum absolute atomic E-state index is 0.386. The lowest BCUT2D eigenvalue weighted by Gasteiger charge is -2.14. The summed E-state index contributed by atoms with van der Waals surface area (Å²) in [5.41, 5.74) is 1.30. The van der Waals surface area contributed by atoms with Crippen molar-refractivity contribution in [1.82, 2.24) is 5.32 Å². The Kier molecular flexibility index (Phi) is 3.22. The highest BCUT2D eigenvalue weighted by molar-refractivity contribution is 8.00. The van der Waals surface area contributed by atoms with Crippen LogP contribution >= 0.6 is 11.8 Å². The second kappa shape index (κ2) is 4.45. The Morgan fingerprint density at radius 2 is 2.40 bits per heavy atom. The van der Waals surface area contributed by atoms with Crippen molar-refractivity contribution in [1.29, 1.82) is 0 Å². The lowest BCUT2D eigenvalue weighted by atomic mass is 10.1. The van der Waals surface area contributed by atoms with Crippen LogP contribution in [0.15, 0.2) is 23.1 Å². The number of benzene rings is 1. The van der Waals surface area contributed by atoms with Gasteiger partial charge in [0, 0.05) is 16.2 Å². The predicted octanol–water partition coefficient (Wildman–Crippen LogP) is 2.41. The van der Waals surface area contributed by atoms with Crippen molar-refractivity contribution < 1.29 is 5.11 Å². The highest BCUT2D eigenvalue weighted by Gasteiger charge is 2.23. The van der Waals surface area contributed by atoms with Gasteiger partial charge >= 0.3 is 0 Å². The number of rotatable bonds is 3. The molecule has 1 aliphatic heterocycles. The Balaban J connectivity index is 2.03. The van der Waals surface area contributed by atoms with Crippen LogP contribution in [0.4, 0.5) is 0 Å². The van der Waals surface area contributed by atoms with Crippen LogP contribution in [0.3, 0.4) is 0 Å². The van der Waals surface area contributed by atoms with E-state index in [1.165, 1.54) is 16.9 Å². The van der Waals surface area contributed by atoms with E-state index in [1.807, 2.05) is 30.9 Å². The highest BCUT2D eigenvalue weighted by Crippen LogP contribution is 2.40.